The lowest BCUT2D eigenvalue weighted by molar-refractivity contribution is -0.145. The van der Waals surface area contributed by atoms with Crippen molar-refractivity contribution in [3.63, 3.8) is 0 Å². The Balaban J connectivity index is 1.99. The lowest BCUT2D eigenvalue weighted by Crippen LogP contribution is -2.53. The van der Waals surface area contributed by atoms with Crippen LogP contribution in [0.15, 0.2) is 24.3 Å². The maximum Gasteiger partial charge on any atom is 0.316 e. The molecule has 1 atom stereocenters. The van der Waals surface area contributed by atoms with Crippen LogP contribution in [0.25, 0.3) is 0 Å². The summed E-state index contributed by atoms with van der Waals surface area (Å²) in [6.07, 6.45) is 2.17. The number of para-hydroxylation sites is 1. The lowest BCUT2D eigenvalue weighted by atomic mass is 9.88. The molecule has 1 N–H and O–H groups in total. The molecular weight excluding hydrogens is 266 g/mol. The van der Waals surface area contributed by atoms with Crippen LogP contribution in [0, 0.1) is 0 Å². The third-order valence-corrected chi connectivity index (χ3v) is 4.59. The van der Waals surface area contributed by atoms with Gasteiger partial charge in [-0.2, -0.15) is 0 Å². The van der Waals surface area contributed by atoms with Crippen molar-refractivity contribution in [3.8, 4) is 0 Å². The minimum absolute atomic E-state index is 0.122. The van der Waals surface area contributed by atoms with Crippen LogP contribution in [0.4, 0.5) is 5.69 Å². The highest BCUT2D eigenvalue weighted by molar-refractivity contribution is 6.41. The Kier molecular flexibility index (Phi) is 3.45. The molecule has 0 aliphatic carbocycles. The smallest absolute Gasteiger partial charge is 0.316 e. The van der Waals surface area contributed by atoms with Crippen molar-refractivity contribution in [2.45, 2.75) is 25.3 Å². The molecule has 0 spiro atoms. The minimum Gasteiger partial charge on any atom is -0.336 e. The van der Waals surface area contributed by atoms with Gasteiger partial charge in [-0.15, -0.1) is 0 Å². The van der Waals surface area contributed by atoms with Crippen molar-refractivity contribution in [1.82, 2.24) is 10.2 Å². The number of likely N-dealkylation sites (N-methyl/N-ethyl adjacent to an activating group) is 1. The van der Waals surface area contributed by atoms with Gasteiger partial charge in [0.15, 0.2) is 0 Å². The van der Waals surface area contributed by atoms with Crippen LogP contribution >= 0.6 is 0 Å². The van der Waals surface area contributed by atoms with E-state index >= 15 is 0 Å². The number of carbonyl (C=O) groups is 2. The standard InChI is InChI=1S/C16H21N3O2/c1-16(8-5-9-17-16)12-6-3-4-7-13(12)19-11-10-18(2)14(20)15(19)21/h3-4,6-7,17H,5,8-11H2,1-2H3. The molecule has 1 aromatic carbocycles. The first-order valence-electron chi connectivity index (χ1n) is 7.44. The van der Waals surface area contributed by atoms with Crippen LogP contribution in [0.1, 0.15) is 25.3 Å². The molecule has 21 heavy (non-hydrogen) atoms. The molecule has 0 radical (unpaired) electrons. The fourth-order valence-electron chi connectivity index (χ4n) is 3.26. The average Bonchev–Trinajstić information content (AvgIpc) is 2.93. The van der Waals surface area contributed by atoms with Gasteiger partial charge in [0.2, 0.25) is 0 Å². The second kappa shape index (κ2) is 5.15. The van der Waals surface area contributed by atoms with Crippen LogP contribution in [-0.4, -0.2) is 43.4 Å². The van der Waals surface area contributed by atoms with Crippen molar-refractivity contribution in [2.75, 3.05) is 31.6 Å². The molecule has 2 saturated heterocycles. The van der Waals surface area contributed by atoms with Gasteiger partial charge in [0.05, 0.1) is 0 Å². The highest BCUT2D eigenvalue weighted by Gasteiger charge is 2.37. The molecule has 2 aliphatic heterocycles. The summed E-state index contributed by atoms with van der Waals surface area (Å²) in [6, 6.07) is 7.92. The number of amides is 2. The summed E-state index contributed by atoms with van der Waals surface area (Å²) in [4.78, 5) is 27.4. The van der Waals surface area contributed by atoms with Gasteiger partial charge < -0.3 is 15.1 Å². The van der Waals surface area contributed by atoms with Crippen LogP contribution in [0.2, 0.25) is 0 Å². The number of benzene rings is 1. The average molecular weight is 287 g/mol. The van der Waals surface area contributed by atoms with Gasteiger partial charge in [-0.05, 0) is 37.9 Å². The molecule has 1 unspecified atom stereocenters. The van der Waals surface area contributed by atoms with Gasteiger partial charge in [0.1, 0.15) is 0 Å². The van der Waals surface area contributed by atoms with E-state index in [4.69, 9.17) is 0 Å². The highest BCUT2D eigenvalue weighted by atomic mass is 16.2. The first kappa shape index (κ1) is 14.1. The second-order valence-corrected chi connectivity index (χ2v) is 6.06. The Labute approximate surface area is 124 Å². The van der Waals surface area contributed by atoms with Crippen LogP contribution in [0.5, 0.6) is 0 Å². The van der Waals surface area contributed by atoms with Crippen LogP contribution < -0.4 is 10.2 Å². The summed E-state index contributed by atoms with van der Waals surface area (Å²) in [5.41, 5.74) is 1.84. The predicted octanol–water partition coefficient (Wildman–Crippen LogP) is 1.09. The summed E-state index contributed by atoms with van der Waals surface area (Å²) in [5, 5.41) is 3.53. The molecule has 2 heterocycles. The van der Waals surface area contributed by atoms with Gasteiger partial charge in [-0.1, -0.05) is 18.2 Å². The molecule has 2 amide bonds. The molecule has 3 rings (SSSR count). The second-order valence-electron chi connectivity index (χ2n) is 6.06. The number of nitrogens with zero attached hydrogens (tertiary/aromatic N) is 2. The third-order valence-electron chi connectivity index (χ3n) is 4.59. The van der Waals surface area contributed by atoms with Gasteiger partial charge in [-0.3, -0.25) is 9.59 Å². The predicted molar refractivity (Wildman–Crippen MR) is 81.0 cm³/mol. The van der Waals surface area contributed by atoms with Gasteiger partial charge in [0.25, 0.3) is 0 Å². The van der Waals surface area contributed by atoms with Crippen molar-refractivity contribution < 1.29 is 9.59 Å². The van der Waals surface area contributed by atoms with Crippen LogP contribution in [-0.2, 0) is 15.1 Å². The largest absolute Gasteiger partial charge is 0.336 e. The van der Waals surface area contributed by atoms with E-state index in [1.807, 2.05) is 18.2 Å². The lowest BCUT2D eigenvalue weighted by Gasteiger charge is -2.36. The summed E-state index contributed by atoms with van der Waals surface area (Å²) in [5.74, 6) is -0.863. The SMILES string of the molecule is CN1CCN(c2ccccc2C2(C)CCCN2)C(=O)C1=O. The van der Waals surface area contributed by atoms with Crippen molar-refractivity contribution in [2.24, 2.45) is 0 Å². The van der Waals surface area contributed by atoms with E-state index in [0.717, 1.165) is 30.6 Å². The molecule has 5 heteroatoms. The Bertz CT molecular complexity index is 579. The van der Waals surface area contributed by atoms with Crippen molar-refractivity contribution >= 4 is 17.5 Å². The topological polar surface area (TPSA) is 52.6 Å². The number of carbonyl (C=O) groups excluding carboxylic acids is 2. The molecule has 5 nitrogen and oxygen atoms in total. The summed E-state index contributed by atoms with van der Waals surface area (Å²) < 4.78 is 0. The number of rotatable bonds is 2. The summed E-state index contributed by atoms with van der Waals surface area (Å²) in [7, 11) is 1.67. The monoisotopic (exact) mass is 287 g/mol. The van der Waals surface area contributed by atoms with E-state index in [9.17, 15) is 9.59 Å². The summed E-state index contributed by atoms with van der Waals surface area (Å²) >= 11 is 0. The fourth-order valence-corrected chi connectivity index (χ4v) is 3.26. The van der Waals surface area contributed by atoms with Gasteiger partial charge >= 0.3 is 11.8 Å². The normalized spacial score (nSPS) is 26.6. The zero-order valence-corrected chi connectivity index (χ0v) is 12.6. The molecular formula is C16H21N3O2. The van der Waals surface area contributed by atoms with E-state index in [1.165, 1.54) is 4.90 Å². The zero-order chi connectivity index (χ0) is 15.0. The van der Waals surface area contributed by atoms with E-state index in [1.54, 1.807) is 11.9 Å². The number of hydrogen-bond donors (Lipinski definition) is 1. The maximum absolute atomic E-state index is 12.3. The molecule has 2 aliphatic rings. The Morgan fingerprint density at radius 1 is 1.14 bits per heavy atom. The zero-order valence-electron chi connectivity index (χ0n) is 12.6. The molecule has 2 fully saturated rings. The van der Waals surface area contributed by atoms with E-state index in [0.29, 0.717) is 13.1 Å². The fraction of sp³-hybridized carbons (Fsp3) is 0.500. The van der Waals surface area contributed by atoms with E-state index < -0.39 is 11.8 Å². The van der Waals surface area contributed by atoms with E-state index in [-0.39, 0.29) is 5.54 Å². The first-order chi connectivity index (χ1) is 10.0. The molecule has 0 bridgehead atoms. The highest BCUT2D eigenvalue weighted by Crippen LogP contribution is 2.37. The summed E-state index contributed by atoms with van der Waals surface area (Å²) in [6.45, 7) is 4.28. The van der Waals surface area contributed by atoms with Crippen molar-refractivity contribution in [3.05, 3.63) is 29.8 Å². The van der Waals surface area contributed by atoms with E-state index in [2.05, 4.69) is 18.3 Å². The van der Waals surface area contributed by atoms with Gasteiger partial charge in [-0.25, -0.2) is 0 Å². The number of anilines is 1. The maximum atomic E-state index is 12.3. The molecule has 1 aromatic rings. The Morgan fingerprint density at radius 2 is 1.90 bits per heavy atom. The molecule has 0 saturated carbocycles. The molecule has 0 aromatic heterocycles. The number of nitrogens with one attached hydrogen (secondary N) is 1. The number of hydrogen-bond acceptors (Lipinski definition) is 3. The quantitative estimate of drug-likeness (QED) is 0.829. The first-order valence-corrected chi connectivity index (χ1v) is 7.44. The van der Waals surface area contributed by atoms with Gasteiger partial charge in [0, 0.05) is 31.4 Å². The Morgan fingerprint density at radius 3 is 2.62 bits per heavy atom. The van der Waals surface area contributed by atoms with Crippen molar-refractivity contribution in [1.29, 1.82) is 0 Å². The molecule has 112 valence electrons. The number of piperazine rings is 1. The third kappa shape index (κ3) is 2.31. The van der Waals surface area contributed by atoms with Crippen LogP contribution in [0.3, 0.4) is 0 Å². The minimum atomic E-state index is -0.433. The Hall–Kier alpha value is -1.88.